The van der Waals surface area contributed by atoms with Gasteiger partial charge in [-0.15, -0.1) is 0 Å². The van der Waals surface area contributed by atoms with E-state index in [2.05, 4.69) is 279 Å². The SMILES string of the molecule is CC(C)(C)c1ccc(N(c2ccc3ccccc3c2)c2ccc3cc(-c4ccc5c(c4)c4ccccc4n5-c4ccc5c(c4)C(c4ccccc4)(c4ccccc4)c4ccccc4-5)ccc3c2)cc1. The number of hydrogen-bond donors (Lipinski definition) is 0. The fraction of sp³-hybridized carbons (Fsp3) is 0.0746. The lowest BCUT2D eigenvalue weighted by Crippen LogP contribution is -2.28. The number of aromatic nitrogens is 1. The first-order chi connectivity index (χ1) is 33.8. The van der Waals surface area contributed by atoms with Gasteiger partial charge in [0, 0.05) is 33.5 Å². The van der Waals surface area contributed by atoms with Gasteiger partial charge in [-0.1, -0.05) is 197 Å². The molecule has 12 aromatic rings. The average Bonchev–Trinajstić information content (AvgIpc) is 3.89. The van der Waals surface area contributed by atoms with Crippen LogP contribution >= 0.6 is 0 Å². The molecule has 0 radical (unpaired) electrons. The summed E-state index contributed by atoms with van der Waals surface area (Å²) in [6.45, 7) is 6.81. The van der Waals surface area contributed by atoms with Crippen LogP contribution in [0.15, 0.2) is 249 Å². The number of benzene rings is 11. The van der Waals surface area contributed by atoms with E-state index in [9.17, 15) is 0 Å². The van der Waals surface area contributed by atoms with Crippen molar-refractivity contribution >= 4 is 60.4 Å². The van der Waals surface area contributed by atoms with Gasteiger partial charge in [0.1, 0.15) is 0 Å². The van der Waals surface area contributed by atoms with Crippen molar-refractivity contribution in [3.8, 4) is 27.9 Å². The number of fused-ring (bicyclic) bond motifs is 8. The molecule has 13 rings (SSSR count). The molecular formula is C67H50N2. The van der Waals surface area contributed by atoms with Gasteiger partial charge in [-0.25, -0.2) is 0 Å². The molecule has 1 aliphatic carbocycles. The van der Waals surface area contributed by atoms with Gasteiger partial charge in [0.25, 0.3) is 0 Å². The summed E-state index contributed by atoms with van der Waals surface area (Å²) in [5.41, 5.74) is 18.0. The average molecular weight is 883 g/mol. The molecule has 0 saturated heterocycles. The molecule has 2 nitrogen and oxygen atoms in total. The molecule has 328 valence electrons. The molecule has 0 unspecified atom stereocenters. The molecule has 11 aromatic carbocycles. The predicted molar refractivity (Wildman–Crippen MR) is 292 cm³/mol. The molecule has 0 spiro atoms. The molecule has 0 saturated carbocycles. The summed E-state index contributed by atoms with van der Waals surface area (Å²) in [6.07, 6.45) is 0. The van der Waals surface area contributed by atoms with Gasteiger partial charge in [0.05, 0.1) is 16.4 Å². The second-order valence-electron chi connectivity index (χ2n) is 19.8. The van der Waals surface area contributed by atoms with Crippen LogP contribution in [-0.2, 0) is 10.8 Å². The first-order valence-electron chi connectivity index (χ1n) is 24.2. The minimum Gasteiger partial charge on any atom is -0.310 e. The van der Waals surface area contributed by atoms with Crippen LogP contribution in [0.5, 0.6) is 0 Å². The quantitative estimate of drug-likeness (QED) is 0.155. The van der Waals surface area contributed by atoms with Crippen LogP contribution in [0.1, 0.15) is 48.6 Å². The molecule has 2 heteroatoms. The van der Waals surface area contributed by atoms with Gasteiger partial charge in [0.15, 0.2) is 0 Å². The fourth-order valence-corrected chi connectivity index (χ4v) is 11.4. The Bertz CT molecular complexity index is 3890. The maximum Gasteiger partial charge on any atom is 0.0714 e. The first kappa shape index (κ1) is 40.8. The minimum absolute atomic E-state index is 0.0731. The molecule has 1 aromatic heterocycles. The van der Waals surface area contributed by atoms with Crippen molar-refractivity contribution in [2.45, 2.75) is 31.6 Å². The molecule has 0 fully saturated rings. The Morgan fingerprint density at radius 1 is 0.362 bits per heavy atom. The Morgan fingerprint density at radius 2 is 0.899 bits per heavy atom. The lowest BCUT2D eigenvalue weighted by atomic mass is 9.67. The third-order valence-corrected chi connectivity index (χ3v) is 14.8. The van der Waals surface area contributed by atoms with Gasteiger partial charge < -0.3 is 9.47 Å². The Kier molecular flexibility index (Phi) is 9.36. The smallest absolute Gasteiger partial charge is 0.0714 e. The molecule has 1 heterocycles. The van der Waals surface area contributed by atoms with E-state index in [1.54, 1.807) is 0 Å². The molecule has 0 aliphatic heterocycles. The van der Waals surface area contributed by atoms with E-state index >= 15 is 0 Å². The Morgan fingerprint density at radius 3 is 1.64 bits per heavy atom. The third-order valence-electron chi connectivity index (χ3n) is 14.8. The van der Waals surface area contributed by atoms with E-state index in [-0.39, 0.29) is 5.41 Å². The predicted octanol–water partition coefficient (Wildman–Crippen LogP) is 17.9. The van der Waals surface area contributed by atoms with Crippen molar-refractivity contribution in [2.24, 2.45) is 0 Å². The lowest BCUT2D eigenvalue weighted by Gasteiger charge is -2.34. The largest absolute Gasteiger partial charge is 0.310 e. The number of anilines is 3. The number of para-hydroxylation sites is 1. The van der Waals surface area contributed by atoms with E-state index in [4.69, 9.17) is 0 Å². The summed E-state index contributed by atoms with van der Waals surface area (Å²) in [5, 5.41) is 7.35. The highest BCUT2D eigenvalue weighted by Gasteiger charge is 2.46. The second kappa shape index (κ2) is 15.8. The van der Waals surface area contributed by atoms with Gasteiger partial charge in [0.2, 0.25) is 0 Å². The summed E-state index contributed by atoms with van der Waals surface area (Å²) in [4.78, 5) is 2.39. The van der Waals surface area contributed by atoms with Crippen LogP contribution in [0.2, 0.25) is 0 Å². The highest BCUT2D eigenvalue weighted by atomic mass is 15.1. The topological polar surface area (TPSA) is 8.17 Å². The maximum atomic E-state index is 2.47. The highest BCUT2D eigenvalue weighted by molar-refractivity contribution is 6.11. The van der Waals surface area contributed by atoms with E-state index in [0.29, 0.717) is 0 Å². The minimum atomic E-state index is -0.473. The van der Waals surface area contributed by atoms with E-state index < -0.39 is 5.41 Å². The van der Waals surface area contributed by atoms with Gasteiger partial charge in [-0.2, -0.15) is 0 Å². The first-order valence-corrected chi connectivity index (χ1v) is 24.2. The van der Waals surface area contributed by atoms with Crippen molar-refractivity contribution in [3.63, 3.8) is 0 Å². The van der Waals surface area contributed by atoms with Crippen LogP contribution in [-0.4, -0.2) is 4.57 Å². The second-order valence-corrected chi connectivity index (χ2v) is 19.8. The van der Waals surface area contributed by atoms with Crippen LogP contribution < -0.4 is 4.90 Å². The van der Waals surface area contributed by atoms with Gasteiger partial charge >= 0.3 is 0 Å². The number of rotatable bonds is 7. The molecule has 0 amide bonds. The Labute approximate surface area is 404 Å². The van der Waals surface area contributed by atoms with Crippen molar-refractivity contribution in [2.75, 3.05) is 4.90 Å². The third kappa shape index (κ3) is 6.55. The molecule has 0 atom stereocenters. The molecule has 0 N–H and O–H groups in total. The lowest BCUT2D eigenvalue weighted by molar-refractivity contribution is 0.590. The number of nitrogens with zero attached hydrogens (tertiary/aromatic N) is 2. The van der Waals surface area contributed by atoms with Gasteiger partial charge in [-0.3, -0.25) is 0 Å². The molecule has 0 bridgehead atoms. The van der Waals surface area contributed by atoms with E-state index in [1.165, 1.54) is 93.4 Å². The fourth-order valence-electron chi connectivity index (χ4n) is 11.4. The normalized spacial score (nSPS) is 13.0. The van der Waals surface area contributed by atoms with Crippen molar-refractivity contribution < 1.29 is 0 Å². The zero-order valence-corrected chi connectivity index (χ0v) is 39.1. The van der Waals surface area contributed by atoms with E-state index in [0.717, 1.165) is 22.7 Å². The van der Waals surface area contributed by atoms with Crippen molar-refractivity contribution in [1.82, 2.24) is 4.57 Å². The summed E-state index contributed by atoms with van der Waals surface area (Å²) in [5.74, 6) is 0. The maximum absolute atomic E-state index is 2.47. The van der Waals surface area contributed by atoms with Crippen molar-refractivity contribution in [1.29, 1.82) is 0 Å². The highest BCUT2D eigenvalue weighted by Crippen LogP contribution is 2.56. The monoisotopic (exact) mass is 882 g/mol. The van der Waals surface area contributed by atoms with Crippen LogP contribution in [0.25, 0.3) is 71.3 Å². The summed E-state index contributed by atoms with van der Waals surface area (Å²) in [6, 6.07) is 92.5. The standard InChI is InChI=1S/C67H50N2/c1-66(2,3)51-31-35-54(36-32-51)68(55-33-28-45-16-10-11-17-46(45)41-55)56-34-29-48-40-47(26-27-49(48)42-56)50-30-39-65-61(43-50)60-23-13-15-25-64(60)69(65)57-37-38-59-58-22-12-14-24-62(58)67(63(59)44-57,52-18-6-4-7-19-52)53-20-8-5-9-21-53/h4-44H,1-3H3. The number of hydrogen-bond acceptors (Lipinski definition) is 1. The van der Waals surface area contributed by atoms with E-state index in [1.807, 2.05) is 0 Å². The Hall–Kier alpha value is -8.46. The van der Waals surface area contributed by atoms with Gasteiger partial charge in [-0.05, 0) is 150 Å². The van der Waals surface area contributed by atoms with Crippen LogP contribution in [0.3, 0.4) is 0 Å². The zero-order chi connectivity index (χ0) is 46.3. The molecule has 69 heavy (non-hydrogen) atoms. The summed E-state index contributed by atoms with van der Waals surface area (Å²) >= 11 is 0. The molecule has 1 aliphatic rings. The molecular weight excluding hydrogens is 833 g/mol. The van der Waals surface area contributed by atoms with Crippen LogP contribution in [0.4, 0.5) is 17.1 Å². The zero-order valence-electron chi connectivity index (χ0n) is 39.1. The summed E-state index contributed by atoms with van der Waals surface area (Å²) < 4.78 is 2.47. The van der Waals surface area contributed by atoms with Crippen molar-refractivity contribution in [3.05, 3.63) is 277 Å². The summed E-state index contributed by atoms with van der Waals surface area (Å²) in [7, 11) is 0. The Balaban J connectivity index is 0.913. The van der Waals surface area contributed by atoms with Crippen LogP contribution in [0, 0.1) is 0 Å².